The number of rotatable bonds is 4. The molecule has 0 bridgehead atoms. The molecule has 1 aliphatic carbocycles. The highest BCUT2D eigenvalue weighted by atomic mass is 32.2. The summed E-state index contributed by atoms with van der Waals surface area (Å²) < 4.78 is 28.3. The fraction of sp³-hybridized carbons (Fsp3) is 0.238. The summed E-state index contributed by atoms with van der Waals surface area (Å²) in [7, 11) is -4.05. The molecule has 1 saturated carbocycles. The molecule has 0 atom stereocenters. The highest BCUT2D eigenvalue weighted by molar-refractivity contribution is 7.90. The van der Waals surface area contributed by atoms with E-state index in [9.17, 15) is 13.2 Å². The molecule has 1 aromatic heterocycles. The van der Waals surface area contributed by atoms with E-state index in [1.807, 2.05) is 32.0 Å². The van der Waals surface area contributed by atoms with Gasteiger partial charge < -0.3 is 5.73 Å². The van der Waals surface area contributed by atoms with Gasteiger partial charge in [-0.2, -0.15) is 0 Å². The van der Waals surface area contributed by atoms with Crippen molar-refractivity contribution in [2.45, 2.75) is 37.0 Å². The fourth-order valence-electron chi connectivity index (χ4n) is 3.65. The number of nitrogens with two attached hydrogens (primary N) is 1. The molecule has 1 heterocycles. The van der Waals surface area contributed by atoms with Crippen LogP contribution in [0.3, 0.4) is 0 Å². The van der Waals surface area contributed by atoms with Gasteiger partial charge in [0.1, 0.15) is 5.82 Å². The second-order valence-electron chi connectivity index (χ2n) is 7.39. The number of benzene rings is 2. The standard InChI is InChI=1S/C21H21N3O3S/c1-13-6-7-14(2)16(12-13)21(10-11-21)20(25)24-28(26,27)18-5-3-4-17-15(18)8-9-19(22)23-17/h3-9,12H,10-11H2,1-2H3,(H2,22,23)(H,24,25). The average Bonchev–Trinajstić information content (AvgIpc) is 3.44. The van der Waals surface area contributed by atoms with Crippen molar-refractivity contribution in [3.8, 4) is 0 Å². The number of aryl methyl sites for hydroxylation is 2. The van der Waals surface area contributed by atoms with Crippen molar-refractivity contribution in [2.24, 2.45) is 0 Å². The third-order valence-corrected chi connectivity index (χ3v) is 6.71. The van der Waals surface area contributed by atoms with Crippen molar-refractivity contribution in [3.63, 3.8) is 0 Å². The number of fused-ring (bicyclic) bond motifs is 1. The number of nitrogens with one attached hydrogen (secondary N) is 1. The molecule has 1 amide bonds. The van der Waals surface area contributed by atoms with E-state index in [1.165, 1.54) is 6.07 Å². The lowest BCUT2D eigenvalue weighted by atomic mass is 9.90. The van der Waals surface area contributed by atoms with E-state index in [1.54, 1.807) is 24.3 Å². The molecule has 0 saturated heterocycles. The van der Waals surface area contributed by atoms with Crippen molar-refractivity contribution in [1.29, 1.82) is 0 Å². The van der Waals surface area contributed by atoms with E-state index >= 15 is 0 Å². The molecular formula is C21H21N3O3S. The monoisotopic (exact) mass is 395 g/mol. The van der Waals surface area contributed by atoms with Crippen LogP contribution < -0.4 is 10.5 Å². The van der Waals surface area contributed by atoms with E-state index in [2.05, 4.69) is 9.71 Å². The Labute approximate surface area is 163 Å². The van der Waals surface area contributed by atoms with Gasteiger partial charge in [-0.15, -0.1) is 0 Å². The molecule has 3 N–H and O–H groups in total. The Hall–Kier alpha value is -2.93. The number of nitrogen functional groups attached to an aromatic ring is 1. The van der Waals surface area contributed by atoms with E-state index in [0.717, 1.165) is 16.7 Å². The Morgan fingerprint density at radius 1 is 1.11 bits per heavy atom. The first-order valence-corrected chi connectivity index (χ1v) is 10.5. The minimum Gasteiger partial charge on any atom is -0.384 e. The Morgan fingerprint density at radius 2 is 1.86 bits per heavy atom. The van der Waals surface area contributed by atoms with E-state index in [0.29, 0.717) is 29.6 Å². The molecule has 1 fully saturated rings. The second kappa shape index (κ2) is 6.31. The minimum atomic E-state index is -4.05. The van der Waals surface area contributed by atoms with E-state index in [4.69, 9.17) is 5.73 Å². The molecule has 28 heavy (non-hydrogen) atoms. The molecule has 2 aromatic carbocycles. The van der Waals surface area contributed by atoms with Gasteiger partial charge in [0.05, 0.1) is 15.8 Å². The Morgan fingerprint density at radius 3 is 2.57 bits per heavy atom. The fourth-order valence-corrected chi connectivity index (χ4v) is 4.92. The molecule has 0 aliphatic heterocycles. The first-order chi connectivity index (χ1) is 13.2. The van der Waals surface area contributed by atoms with Crippen LogP contribution in [-0.4, -0.2) is 19.3 Å². The third kappa shape index (κ3) is 3.01. The lowest BCUT2D eigenvalue weighted by molar-refractivity contribution is -0.121. The smallest absolute Gasteiger partial charge is 0.264 e. The van der Waals surface area contributed by atoms with Gasteiger partial charge in [-0.25, -0.2) is 18.1 Å². The summed E-state index contributed by atoms with van der Waals surface area (Å²) in [6, 6.07) is 13.8. The Balaban J connectivity index is 1.71. The summed E-state index contributed by atoms with van der Waals surface area (Å²) in [6.07, 6.45) is 1.26. The maximum absolute atomic E-state index is 13.0. The maximum Gasteiger partial charge on any atom is 0.264 e. The van der Waals surface area contributed by atoms with Crippen LogP contribution in [0, 0.1) is 13.8 Å². The number of amides is 1. The number of aromatic nitrogens is 1. The maximum atomic E-state index is 13.0. The van der Waals surface area contributed by atoms with Gasteiger partial charge in [-0.3, -0.25) is 4.79 Å². The van der Waals surface area contributed by atoms with Crippen LogP contribution in [0.2, 0.25) is 0 Å². The summed E-state index contributed by atoms with van der Waals surface area (Å²) in [6.45, 7) is 3.90. The number of anilines is 1. The SMILES string of the molecule is Cc1ccc(C)c(C2(C(=O)NS(=O)(=O)c3cccc4nc(N)ccc34)CC2)c1. The highest BCUT2D eigenvalue weighted by Gasteiger charge is 2.53. The van der Waals surface area contributed by atoms with Crippen molar-refractivity contribution < 1.29 is 13.2 Å². The predicted octanol–water partition coefficient (Wildman–Crippen LogP) is 2.97. The molecule has 0 radical (unpaired) electrons. The number of hydrogen-bond donors (Lipinski definition) is 2. The predicted molar refractivity (Wildman–Crippen MR) is 108 cm³/mol. The largest absolute Gasteiger partial charge is 0.384 e. The summed E-state index contributed by atoms with van der Waals surface area (Å²) in [5, 5.41) is 0.425. The van der Waals surface area contributed by atoms with Gasteiger partial charge in [0.25, 0.3) is 10.0 Å². The summed E-state index contributed by atoms with van der Waals surface area (Å²) >= 11 is 0. The molecule has 6 nitrogen and oxygen atoms in total. The zero-order chi connectivity index (χ0) is 20.1. The van der Waals surface area contributed by atoms with Gasteiger partial charge in [-0.05, 0) is 62.1 Å². The number of nitrogens with zero attached hydrogens (tertiary/aromatic N) is 1. The lowest BCUT2D eigenvalue weighted by Crippen LogP contribution is -2.39. The number of pyridine rings is 1. The summed E-state index contributed by atoms with van der Waals surface area (Å²) in [5.74, 6) is -0.181. The normalized spacial score (nSPS) is 15.4. The molecule has 0 spiro atoms. The molecule has 7 heteroatoms. The van der Waals surface area contributed by atoms with Crippen molar-refractivity contribution in [2.75, 3.05) is 5.73 Å². The first kappa shape index (κ1) is 18.4. The van der Waals surface area contributed by atoms with Gasteiger partial charge in [0.15, 0.2) is 0 Å². The van der Waals surface area contributed by atoms with Crippen molar-refractivity contribution >= 4 is 32.7 Å². The summed E-state index contributed by atoms with van der Waals surface area (Å²) in [5.41, 5.74) is 8.30. The number of carbonyl (C=O) groups is 1. The first-order valence-electron chi connectivity index (χ1n) is 9.03. The van der Waals surface area contributed by atoms with Crippen LogP contribution in [0.4, 0.5) is 5.82 Å². The quantitative estimate of drug-likeness (QED) is 0.707. The minimum absolute atomic E-state index is 0.0163. The van der Waals surface area contributed by atoms with E-state index in [-0.39, 0.29) is 4.90 Å². The van der Waals surface area contributed by atoms with Crippen LogP contribution in [0.25, 0.3) is 10.9 Å². The Bertz CT molecular complexity index is 1210. The Kier molecular flexibility index (Phi) is 4.15. The average molecular weight is 395 g/mol. The molecule has 3 aromatic rings. The van der Waals surface area contributed by atoms with Crippen molar-refractivity contribution in [3.05, 3.63) is 65.2 Å². The molecule has 144 valence electrons. The van der Waals surface area contributed by atoms with Crippen LogP contribution in [0.1, 0.15) is 29.5 Å². The number of sulfonamides is 1. The van der Waals surface area contributed by atoms with Crippen molar-refractivity contribution in [1.82, 2.24) is 9.71 Å². The zero-order valence-corrected chi connectivity index (χ0v) is 16.5. The van der Waals surface area contributed by atoms with Crippen LogP contribution >= 0.6 is 0 Å². The van der Waals surface area contributed by atoms with Crippen LogP contribution in [0.15, 0.2) is 53.4 Å². The van der Waals surface area contributed by atoms with Gasteiger partial charge in [-0.1, -0.05) is 29.8 Å². The molecule has 1 aliphatic rings. The second-order valence-corrected chi connectivity index (χ2v) is 9.04. The molecular weight excluding hydrogens is 374 g/mol. The van der Waals surface area contributed by atoms with Gasteiger partial charge in [0, 0.05) is 5.39 Å². The lowest BCUT2D eigenvalue weighted by Gasteiger charge is -2.19. The number of carbonyl (C=O) groups excluding carboxylic acids is 1. The van der Waals surface area contributed by atoms with Crippen LogP contribution in [-0.2, 0) is 20.2 Å². The molecule has 0 unspecified atom stereocenters. The summed E-state index contributed by atoms with van der Waals surface area (Å²) in [4.78, 5) is 17.2. The number of hydrogen-bond acceptors (Lipinski definition) is 5. The van der Waals surface area contributed by atoms with Crippen LogP contribution in [0.5, 0.6) is 0 Å². The topological polar surface area (TPSA) is 102 Å². The van der Waals surface area contributed by atoms with E-state index < -0.39 is 21.3 Å². The molecule has 4 rings (SSSR count). The highest BCUT2D eigenvalue weighted by Crippen LogP contribution is 2.50. The van der Waals surface area contributed by atoms with Gasteiger partial charge >= 0.3 is 0 Å². The zero-order valence-electron chi connectivity index (χ0n) is 15.7. The van der Waals surface area contributed by atoms with Gasteiger partial charge in [0.2, 0.25) is 5.91 Å². The third-order valence-electron chi connectivity index (χ3n) is 5.32.